The van der Waals surface area contributed by atoms with Crippen molar-refractivity contribution in [2.45, 2.75) is 25.4 Å². The van der Waals surface area contributed by atoms with Gasteiger partial charge in [-0.3, -0.25) is 0 Å². The summed E-state index contributed by atoms with van der Waals surface area (Å²) in [5.41, 5.74) is 6.56. The van der Waals surface area contributed by atoms with Crippen LogP contribution in [-0.4, -0.2) is 24.4 Å². The van der Waals surface area contributed by atoms with E-state index < -0.39 is 6.10 Å². The van der Waals surface area contributed by atoms with Gasteiger partial charge < -0.3 is 15.6 Å². The lowest BCUT2D eigenvalue weighted by Gasteiger charge is -2.07. The van der Waals surface area contributed by atoms with Crippen molar-refractivity contribution in [1.82, 2.24) is 0 Å². The first-order valence-corrected chi connectivity index (χ1v) is 5.82. The highest BCUT2D eigenvalue weighted by Crippen LogP contribution is 2.15. The number of hydrogen-bond acceptors (Lipinski definition) is 3. The summed E-state index contributed by atoms with van der Waals surface area (Å²) in [4.78, 5) is 0. The Morgan fingerprint density at radius 1 is 1.47 bits per heavy atom. The fourth-order valence-corrected chi connectivity index (χ4v) is 1.55. The predicted octanol–water partition coefficient (Wildman–Crippen LogP) is 1.34. The molecule has 17 heavy (non-hydrogen) atoms. The second-order valence-corrected chi connectivity index (χ2v) is 3.86. The molecule has 0 saturated carbocycles. The molecule has 1 unspecified atom stereocenters. The molecule has 0 aliphatic carbocycles. The number of aliphatic hydroxyl groups excluding tert-OH is 1. The molecule has 0 saturated heterocycles. The lowest BCUT2D eigenvalue weighted by atomic mass is 10.1. The molecule has 1 aromatic rings. The number of hydrogen-bond donors (Lipinski definition) is 2. The van der Waals surface area contributed by atoms with Crippen LogP contribution in [0.2, 0.25) is 0 Å². The van der Waals surface area contributed by atoms with Gasteiger partial charge in [0.1, 0.15) is 18.5 Å². The molecule has 3 N–H and O–H groups in total. The highest BCUT2D eigenvalue weighted by atomic mass is 16.5. The van der Waals surface area contributed by atoms with E-state index in [-0.39, 0.29) is 0 Å². The van der Waals surface area contributed by atoms with Gasteiger partial charge in [0.2, 0.25) is 0 Å². The second kappa shape index (κ2) is 7.72. The highest BCUT2D eigenvalue weighted by Gasteiger charge is 2.01. The first kappa shape index (κ1) is 13.6. The molecule has 0 aliphatic heterocycles. The van der Waals surface area contributed by atoms with E-state index in [9.17, 15) is 5.11 Å². The Labute approximate surface area is 103 Å². The van der Waals surface area contributed by atoms with Gasteiger partial charge >= 0.3 is 0 Å². The third-order valence-electron chi connectivity index (χ3n) is 2.42. The fourth-order valence-electron chi connectivity index (χ4n) is 1.55. The molecule has 1 atom stereocenters. The van der Waals surface area contributed by atoms with E-state index >= 15 is 0 Å². The zero-order chi connectivity index (χ0) is 12.5. The molecule has 0 aliphatic rings. The van der Waals surface area contributed by atoms with Gasteiger partial charge in [-0.25, -0.2) is 0 Å². The van der Waals surface area contributed by atoms with Gasteiger partial charge in [-0.2, -0.15) is 0 Å². The quantitative estimate of drug-likeness (QED) is 0.699. The maximum atomic E-state index is 9.23. The molecule has 0 amide bonds. The van der Waals surface area contributed by atoms with Gasteiger partial charge in [-0.05, 0) is 37.0 Å². The molecule has 0 radical (unpaired) electrons. The van der Waals surface area contributed by atoms with Crippen molar-refractivity contribution >= 4 is 0 Å². The summed E-state index contributed by atoms with van der Waals surface area (Å²) in [6, 6.07) is 7.91. The van der Waals surface area contributed by atoms with Gasteiger partial charge in [0, 0.05) is 6.54 Å². The third kappa shape index (κ3) is 5.39. The van der Waals surface area contributed by atoms with Gasteiger partial charge in [0.05, 0.1) is 0 Å². The van der Waals surface area contributed by atoms with E-state index in [0.717, 1.165) is 18.6 Å². The van der Waals surface area contributed by atoms with E-state index in [2.05, 4.69) is 5.92 Å². The van der Waals surface area contributed by atoms with Crippen molar-refractivity contribution < 1.29 is 9.84 Å². The van der Waals surface area contributed by atoms with Crippen LogP contribution in [0.25, 0.3) is 0 Å². The summed E-state index contributed by atoms with van der Waals surface area (Å²) < 4.78 is 5.44. The Morgan fingerprint density at radius 2 is 2.29 bits per heavy atom. The smallest absolute Gasteiger partial charge is 0.119 e. The van der Waals surface area contributed by atoms with E-state index in [1.165, 1.54) is 5.56 Å². The number of aryl methyl sites for hydroxylation is 1. The monoisotopic (exact) mass is 233 g/mol. The Hall–Kier alpha value is -1.50. The molecular weight excluding hydrogens is 214 g/mol. The maximum Gasteiger partial charge on any atom is 0.119 e. The Bertz CT molecular complexity index is 371. The van der Waals surface area contributed by atoms with Crippen LogP contribution < -0.4 is 10.5 Å². The molecule has 92 valence electrons. The van der Waals surface area contributed by atoms with Crippen molar-refractivity contribution in [1.29, 1.82) is 0 Å². The Kier molecular flexibility index (Phi) is 6.16. The zero-order valence-electron chi connectivity index (χ0n) is 9.93. The molecule has 0 aromatic heterocycles. The van der Waals surface area contributed by atoms with Crippen molar-refractivity contribution in [3.05, 3.63) is 29.8 Å². The van der Waals surface area contributed by atoms with Crippen molar-refractivity contribution in [3.63, 3.8) is 0 Å². The summed E-state index contributed by atoms with van der Waals surface area (Å²) in [5, 5.41) is 9.23. The highest BCUT2D eigenvalue weighted by molar-refractivity contribution is 5.28. The number of ether oxygens (including phenoxy) is 1. The molecule has 1 rings (SSSR count). The predicted molar refractivity (Wildman–Crippen MR) is 68.8 cm³/mol. The van der Waals surface area contributed by atoms with E-state index in [1.807, 2.05) is 24.3 Å². The zero-order valence-corrected chi connectivity index (χ0v) is 9.93. The summed E-state index contributed by atoms with van der Waals surface area (Å²) in [5.74, 6) is 3.15. The van der Waals surface area contributed by atoms with Crippen molar-refractivity contribution in [2.24, 2.45) is 5.73 Å². The van der Waals surface area contributed by atoms with Crippen LogP contribution in [-0.2, 0) is 6.42 Å². The summed E-state index contributed by atoms with van der Waals surface area (Å²) in [6.07, 6.45) is 6.85. The van der Waals surface area contributed by atoms with Crippen LogP contribution in [0.4, 0.5) is 0 Å². The van der Waals surface area contributed by atoms with Gasteiger partial charge in [-0.1, -0.05) is 18.1 Å². The van der Waals surface area contributed by atoms with Gasteiger partial charge in [0.25, 0.3) is 0 Å². The SMILES string of the molecule is C#CC(O)CCCc1cccc(OCCN)c1. The molecule has 0 fully saturated rings. The lowest BCUT2D eigenvalue weighted by molar-refractivity contribution is 0.219. The minimum atomic E-state index is -0.633. The summed E-state index contributed by atoms with van der Waals surface area (Å²) in [6.45, 7) is 1.04. The van der Waals surface area contributed by atoms with E-state index in [4.69, 9.17) is 16.9 Å². The largest absolute Gasteiger partial charge is 0.492 e. The van der Waals surface area contributed by atoms with Crippen molar-refractivity contribution in [3.8, 4) is 18.1 Å². The first-order valence-electron chi connectivity index (χ1n) is 5.82. The average Bonchev–Trinajstić information content (AvgIpc) is 2.36. The van der Waals surface area contributed by atoms with Crippen LogP contribution in [0, 0.1) is 12.3 Å². The molecule has 0 heterocycles. The van der Waals surface area contributed by atoms with Crippen LogP contribution in [0.3, 0.4) is 0 Å². The number of benzene rings is 1. The molecule has 3 heteroatoms. The van der Waals surface area contributed by atoms with Crippen LogP contribution in [0.15, 0.2) is 24.3 Å². The fraction of sp³-hybridized carbons (Fsp3) is 0.429. The number of aliphatic hydroxyl groups is 1. The topological polar surface area (TPSA) is 55.5 Å². The standard InChI is InChI=1S/C14H19NO2/c1-2-13(16)7-3-5-12-6-4-8-14(11-12)17-10-9-15/h1,4,6,8,11,13,16H,3,5,7,9-10,15H2. The summed E-state index contributed by atoms with van der Waals surface area (Å²) in [7, 11) is 0. The van der Waals surface area contributed by atoms with E-state index in [1.54, 1.807) is 0 Å². The molecule has 1 aromatic carbocycles. The average molecular weight is 233 g/mol. The van der Waals surface area contributed by atoms with Gasteiger partial charge in [-0.15, -0.1) is 6.42 Å². The third-order valence-corrected chi connectivity index (χ3v) is 2.42. The molecule has 3 nitrogen and oxygen atoms in total. The number of terminal acetylenes is 1. The number of rotatable bonds is 7. The number of nitrogens with two attached hydrogens (primary N) is 1. The van der Waals surface area contributed by atoms with Crippen LogP contribution in [0.1, 0.15) is 18.4 Å². The van der Waals surface area contributed by atoms with Gasteiger partial charge in [0.15, 0.2) is 0 Å². The lowest BCUT2D eigenvalue weighted by Crippen LogP contribution is -2.10. The van der Waals surface area contributed by atoms with Crippen molar-refractivity contribution in [2.75, 3.05) is 13.2 Å². The van der Waals surface area contributed by atoms with Crippen LogP contribution >= 0.6 is 0 Å². The molecule has 0 bridgehead atoms. The Balaban J connectivity index is 2.40. The Morgan fingerprint density at radius 3 is 3.00 bits per heavy atom. The molecule has 0 spiro atoms. The van der Waals surface area contributed by atoms with E-state index in [0.29, 0.717) is 19.6 Å². The first-order chi connectivity index (χ1) is 8.26. The normalized spacial score (nSPS) is 11.8. The minimum absolute atomic E-state index is 0.512. The maximum absolute atomic E-state index is 9.23. The minimum Gasteiger partial charge on any atom is -0.492 e. The second-order valence-electron chi connectivity index (χ2n) is 3.86. The summed E-state index contributed by atoms with van der Waals surface area (Å²) >= 11 is 0. The molecular formula is C14H19NO2. The van der Waals surface area contributed by atoms with Crippen LogP contribution in [0.5, 0.6) is 5.75 Å².